The fourth-order valence-electron chi connectivity index (χ4n) is 3.07. The highest BCUT2D eigenvalue weighted by atomic mass is 16.6. The fourth-order valence-corrected chi connectivity index (χ4v) is 3.07. The smallest absolute Gasteiger partial charge is 0.363 e. The van der Waals surface area contributed by atoms with Crippen molar-refractivity contribution in [1.29, 1.82) is 0 Å². The predicted octanol–water partition coefficient (Wildman–Crippen LogP) is 5.00. The van der Waals surface area contributed by atoms with Crippen molar-refractivity contribution in [2.45, 2.75) is 33.6 Å². The Labute approximate surface area is 161 Å². The van der Waals surface area contributed by atoms with Crippen LogP contribution in [0.3, 0.4) is 0 Å². The molecular formula is C23H26N2O2. The first-order valence-electron chi connectivity index (χ1n) is 9.49. The summed E-state index contributed by atoms with van der Waals surface area (Å²) in [5.41, 5.74) is 4.48. The summed E-state index contributed by atoms with van der Waals surface area (Å²) in [5.74, 6) is 0.411. The second kappa shape index (κ2) is 8.21. The first-order chi connectivity index (χ1) is 13.0. The maximum Gasteiger partial charge on any atom is 0.363 e. The number of cyclic esters (lactones) is 1. The predicted molar refractivity (Wildman–Crippen MR) is 111 cm³/mol. The van der Waals surface area contributed by atoms with Crippen LogP contribution in [0.4, 0.5) is 5.69 Å². The molecule has 0 radical (unpaired) electrons. The Morgan fingerprint density at radius 1 is 1.00 bits per heavy atom. The summed E-state index contributed by atoms with van der Waals surface area (Å²) in [4.78, 5) is 18.9. The Kier molecular flexibility index (Phi) is 5.75. The number of hydrogen-bond acceptors (Lipinski definition) is 4. The molecule has 0 unspecified atom stereocenters. The molecule has 3 rings (SSSR count). The molecule has 0 fully saturated rings. The zero-order chi connectivity index (χ0) is 19.4. The Balaban J connectivity index is 1.81. The number of esters is 1. The topological polar surface area (TPSA) is 41.9 Å². The number of carbonyl (C=O) groups is 1. The van der Waals surface area contributed by atoms with Gasteiger partial charge in [0, 0.05) is 24.3 Å². The molecule has 1 aliphatic rings. The first-order valence-corrected chi connectivity index (χ1v) is 9.49. The van der Waals surface area contributed by atoms with E-state index in [4.69, 9.17) is 4.74 Å². The van der Waals surface area contributed by atoms with Gasteiger partial charge in [0.2, 0.25) is 5.90 Å². The number of rotatable bonds is 6. The van der Waals surface area contributed by atoms with Crippen LogP contribution < -0.4 is 4.90 Å². The summed E-state index contributed by atoms with van der Waals surface area (Å²) < 4.78 is 5.36. The quantitative estimate of drug-likeness (QED) is 0.536. The maximum absolute atomic E-state index is 12.2. The number of carbonyl (C=O) groups excluding carboxylic acids is 1. The molecule has 27 heavy (non-hydrogen) atoms. The highest BCUT2D eigenvalue weighted by Gasteiger charge is 2.24. The van der Waals surface area contributed by atoms with E-state index in [1.165, 1.54) is 11.3 Å². The van der Waals surface area contributed by atoms with E-state index in [9.17, 15) is 4.79 Å². The van der Waals surface area contributed by atoms with Crippen molar-refractivity contribution >= 4 is 23.6 Å². The molecule has 0 aliphatic carbocycles. The number of hydrogen-bond donors (Lipinski definition) is 0. The molecule has 0 N–H and O–H groups in total. The molecule has 1 heterocycles. The summed E-state index contributed by atoms with van der Waals surface area (Å²) in [6.45, 7) is 10.5. The summed E-state index contributed by atoms with van der Waals surface area (Å²) in [6, 6.07) is 16.1. The first kappa shape index (κ1) is 18.9. The van der Waals surface area contributed by atoms with E-state index in [1.807, 2.05) is 36.4 Å². The molecule has 2 aromatic rings. The van der Waals surface area contributed by atoms with Gasteiger partial charge < -0.3 is 9.64 Å². The van der Waals surface area contributed by atoms with E-state index in [1.54, 1.807) is 6.08 Å². The number of aliphatic imine (C=N–C) groups is 1. The molecule has 4 nitrogen and oxygen atoms in total. The fraction of sp³-hybridized carbons (Fsp3) is 0.304. The van der Waals surface area contributed by atoms with E-state index in [0.29, 0.717) is 17.5 Å². The van der Waals surface area contributed by atoms with Crippen molar-refractivity contribution in [3.8, 4) is 0 Å². The van der Waals surface area contributed by atoms with E-state index in [2.05, 4.69) is 49.7 Å². The van der Waals surface area contributed by atoms with E-state index < -0.39 is 5.97 Å². The molecule has 0 aromatic heterocycles. The Hall–Kier alpha value is -2.88. The van der Waals surface area contributed by atoms with Crippen molar-refractivity contribution in [1.82, 2.24) is 0 Å². The van der Waals surface area contributed by atoms with Crippen LogP contribution in [0.2, 0.25) is 0 Å². The standard InChI is InChI=1S/C23H26N2O2/c1-5-25(6-2)20-13-7-17(8-14-20)15-21-23(26)27-22(24-21)19-11-9-18(10-12-19)16(3)4/h7-16H,5-6H2,1-4H3/b21-15-. The van der Waals surface area contributed by atoms with Crippen LogP contribution in [-0.2, 0) is 9.53 Å². The lowest BCUT2D eigenvalue weighted by Gasteiger charge is -2.20. The molecule has 0 bridgehead atoms. The van der Waals surface area contributed by atoms with Gasteiger partial charge >= 0.3 is 5.97 Å². The molecule has 0 atom stereocenters. The molecule has 0 amide bonds. The third-order valence-electron chi connectivity index (χ3n) is 4.77. The minimum atomic E-state index is -0.411. The second-order valence-corrected chi connectivity index (χ2v) is 6.88. The zero-order valence-corrected chi connectivity index (χ0v) is 16.4. The van der Waals surface area contributed by atoms with Gasteiger partial charge in [0.25, 0.3) is 0 Å². The third-order valence-corrected chi connectivity index (χ3v) is 4.77. The molecule has 0 saturated heterocycles. The van der Waals surface area contributed by atoms with Crippen LogP contribution in [0.25, 0.3) is 6.08 Å². The highest BCUT2D eigenvalue weighted by molar-refractivity contribution is 6.12. The van der Waals surface area contributed by atoms with Gasteiger partial charge in [-0.2, -0.15) is 0 Å². The van der Waals surface area contributed by atoms with Crippen molar-refractivity contribution in [3.05, 3.63) is 70.9 Å². The number of nitrogens with zero attached hydrogens (tertiary/aromatic N) is 2. The highest BCUT2D eigenvalue weighted by Crippen LogP contribution is 2.22. The van der Waals surface area contributed by atoms with Crippen LogP contribution in [0.15, 0.2) is 59.2 Å². The molecular weight excluding hydrogens is 336 g/mol. The lowest BCUT2D eigenvalue weighted by Crippen LogP contribution is -2.21. The van der Waals surface area contributed by atoms with Crippen molar-refractivity contribution < 1.29 is 9.53 Å². The van der Waals surface area contributed by atoms with Crippen LogP contribution in [0.1, 0.15) is 50.3 Å². The maximum atomic E-state index is 12.2. The SMILES string of the molecule is CCN(CC)c1ccc(/C=C2\N=C(c3ccc(C(C)C)cc3)OC2=O)cc1. The summed E-state index contributed by atoms with van der Waals surface area (Å²) in [6.07, 6.45) is 1.77. The van der Waals surface area contributed by atoms with E-state index in [-0.39, 0.29) is 0 Å². The number of anilines is 1. The average Bonchev–Trinajstić information content (AvgIpc) is 3.04. The van der Waals surface area contributed by atoms with Gasteiger partial charge in [-0.05, 0) is 61.2 Å². The third kappa shape index (κ3) is 4.27. The Bertz CT molecular complexity index is 858. The van der Waals surface area contributed by atoms with Crippen LogP contribution >= 0.6 is 0 Å². The van der Waals surface area contributed by atoms with Crippen molar-refractivity contribution in [2.75, 3.05) is 18.0 Å². The average molecular weight is 362 g/mol. The van der Waals surface area contributed by atoms with E-state index in [0.717, 1.165) is 24.2 Å². The Morgan fingerprint density at radius 3 is 2.19 bits per heavy atom. The van der Waals surface area contributed by atoms with Crippen molar-refractivity contribution in [3.63, 3.8) is 0 Å². The minimum absolute atomic E-state index is 0.327. The zero-order valence-electron chi connectivity index (χ0n) is 16.4. The van der Waals surface area contributed by atoms with Gasteiger partial charge in [0.15, 0.2) is 5.70 Å². The van der Waals surface area contributed by atoms with Crippen LogP contribution in [-0.4, -0.2) is 25.0 Å². The Morgan fingerprint density at radius 2 is 1.63 bits per heavy atom. The number of benzene rings is 2. The minimum Gasteiger partial charge on any atom is -0.402 e. The van der Waals surface area contributed by atoms with Gasteiger partial charge in [-0.15, -0.1) is 0 Å². The summed E-state index contributed by atoms with van der Waals surface area (Å²) in [7, 11) is 0. The largest absolute Gasteiger partial charge is 0.402 e. The van der Waals surface area contributed by atoms with Gasteiger partial charge in [-0.1, -0.05) is 38.1 Å². The van der Waals surface area contributed by atoms with Crippen LogP contribution in [0, 0.1) is 0 Å². The van der Waals surface area contributed by atoms with Gasteiger partial charge in [0.1, 0.15) is 0 Å². The monoisotopic (exact) mass is 362 g/mol. The molecule has 140 valence electrons. The molecule has 0 saturated carbocycles. The lowest BCUT2D eigenvalue weighted by atomic mass is 10.0. The second-order valence-electron chi connectivity index (χ2n) is 6.88. The van der Waals surface area contributed by atoms with E-state index >= 15 is 0 Å². The molecule has 1 aliphatic heterocycles. The van der Waals surface area contributed by atoms with Gasteiger partial charge in [0.05, 0.1) is 0 Å². The lowest BCUT2D eigenvalue weighted by molar-refractivity contribution is -0.129. The number of ether oxygens (including phenoxy) is 1. The molecule has 2 aromatic carbocycles. The summed E-state index contributed by atoms with van der Waals surface area (Å²) in [5, 5.41) is 0. The molecule has 4 heteroatoms. The van der Waals surface area contributed by atoms with Gasteiger partial charge in [-0.25, -0.2) is 9.79 Å². The molecule has 0 spiro atoms. The van der Waals surface area contributed by atoms with Gasteiger partial charge in [-0.3, -0.25) is 0 Å². The normalized spacial score (nSPS) is 15.2. The van der Waals surface area contributed by atoms with Crippen LogP contribution in [0.5, 0.6) is 0 Å². The van der Waals surface area contributed by atoms with Crippen molar-refractivity contribution in [2.24, 2.45) is 4.99 Å². The summed E-state index contributed by atoms with van der Waals surface area (Å²) >= 11 is 0.